The molecule has 13 heavy (non-hydrogen) atoms. The molecule has 4 heteroatoms. The zero-order valence-electron chi connectivity index (χ0n) is 7.07. The summed E-state index contributed by atoms with van der Waals surface area (Å²) in [4.78, 5) is 0.191. The van der Waals surface area contributed by atoms with E-state index < -0.39 is 0 Å². The van der Waals surface area contributed by atoms with Gasteiger partial charge in [-0.3, -0.25) is 0 Å². The topological polar surface area (TPSA) is 26.3 Å². The van der Waals surface area contributed by atoms with E-state index in [2.05, 4.69) is 6.26 Å². The molecule has 2 nitrogen and oxygen atoms in total. The van der Waals surface area contributed by atoms with Crippen molar-refractivity contribution >= 4 is 35.1 Å². The molecule has 0 aliphatic carbocycles. The maximum absolute atomic E-state index is 5.19. The lowest BCUT2D eigenvalue weighted by molar-refractivity contribution is 0.444. The van der Waals surface area contributed by atoms with Crippen LogP contribution in [-0.4, -0.2) is 6.26 Å². The highest BCUT2D eigenvalue weighted by Crippen LogP contribution is 2.20. The van der Waals surface area contributed by atoms with Gasteiger partial charge in [0.05, 0.1) is 0 Å². The van der Waals surface area contributed by atoms with Crippen LogP contribution in [0, 0.1) is 4.90 Å². The van der Waals surface area contributed by atoms with Gasteiger partial charge in [-0.15, -0.1) is 0 Å². The molecule has 1 aromatic carbocycles. The van der Waals surface area contributed by atoms with E-state index in [0.717, 1.165) is 16.9 Å². The number of rotatable bonds is 2. The maximum Gasteiger partial charge on any atom is 0.363 e. The summed E-state index contributed by atoms with van der Waals surface area (Å²) in [5.74, 6) is 0.976. The third-order valence-electron chi connectivity index (χ3n) is 1.71. The van der Waals surface area contributed by atoms with Crippen LogP contribution in [0.3, 0.4) is 0 Å². The summed E-state index contributed by atoms with van der Waals surface area (Å²) in [5, 5.41) is 0. The Morgan fingerprint density at radius 3 is 2.85 bits per heavy atom. The van der Waals surface area contributed by atoms with Gasteiger partial charge in [0.25, 0.3) is 0 Å². The predicted octanol–water partition coefficient (Wildman–Crippen LogP) is 3.62. The van der Waals surface area contributed by atoms with Crippen molar-refractivity contribution in [2.75, 3.05) is 6.26 Å². The van der Waals surface area contributed by atoms with Gasteiger partial charge >= 0.3 is 4.90 Å². The van der Waals surface area contributed by atoms with Crippen molar-refractivity contribution in [3.8, 4) is 0 Å². The van der Waals surface area contributed by atoms with E-state index in [1.165, 1.54) is 5.56 Å². The van der Waals surface area contributed by atoms with Gasteiger partial charge in [-0.1, -0.05) is 6.07 Å². The minimum absolute atomic E-state index is 0.191. The third-order valence-corrected chi connectivity index (χ3v) is 2.49. The molecule has 0 atom stereocenters. The second kappa shape index (κ2) is 3.55. The van der Waals surface area contributed by atoms with Crippen LogP contribution >= 0.6 is 24.0 Å². The van der Waals surface area contributed by atoms with Gasteiger partial charge in [0, 0.05) is 18.0 Å². The molecule has 0 fully saturated rings. The molecule has 68 valence electrons. The summed E-state index contributed by atoms with van der Waals surface area (Å²) < 4.78 is 10.3. The SMILES string of the molecule is CSCc1ccc2oc(=S)oc2c1. The quantitative estimate of drug-likeness (QED) is 0.710. The molecule has 2 rings (SSSR count). The van der Waals surface area contributed by atoms with Crippen LogP contribution in [0.4, 0.5) is 0 Å². The third kappa shape index (κ3) is 1.78. The zero-order valence-corrected chi connectivity index (χ0v) is 8.71. The van der Waals surface area contributed by atoms with Crippen molar-refractivity contribution in [2.24, 2.45) is 0 Å². The molecule has 0 saturated heterocycles. The summed E-state index contributed by atoms with van der Waals surface area (Å²) in [5.41, 5.74) is 2.67. The van der Waals surface area contributed by atoms with Crippen LogP contribution in [0.25, 0.3) is 11.2 Å². The minimum atomic E-state index is 0.191. The van der Waals surface area contributed by atoms with Gasteiger partial charge < -0.3 is 8.83 Å². The van der Waals surface area contributed by atoms with Crippen LogP contribution < -0.4 is 0 Å². The lowest BCUT2D eigenvalue weighted by atomic mass is 10.2. The van der Waals surface area contributed by atoms with Gasteiger partial charge in [-0.2, -0.15) is 11.8 Å². The summed E-state index contributed by atoms with van der Waals surface area (Å²) in [6, 6.07) is 5.87. The fourth-order valence-corrected chi connectivity index (χ4v) is 1.87. The van der Waals surface area contributed by atoms with E-state index in [-0.39, 0.29) is 4.90 Å². The Morgan fingerprint density at radius 2 is 2.08 bits per heavy atom. The van der Waals surface area contributed by atoms with Crippen LogP contribution in [0.2, 0.25) is 0 Å². The summed E-state index contributed by atoms with van der Waals surface area (Å²) >= 11 is 6.55. The van der Waals surface area contributed by atoms with Crippen LogP contribution in [-0.2, 0) is 5.75 Å². The summed E-state index contributed by atoms with van der Waals surface area (Å²) in [7, 11) is 0. The van der Waals surface area contributed by atoms with Gasteiger partial charge in [-0.25, -0.2) is 0 Å². The van der Waals surface area contributed by atoms with E-state index in [0.29, 0.717) is 0 Å². The van der Waals surface area contributed by atoms with E-state index in [9.17, 15) is 0 Å². The second-order valence-corrected chi connectivity index (χ2v) is 3.87. The number of benzene rings is 1. The molecule has 0 aliphatic rings. The van der Waals surface area contributed by atoms with E-state index in [4.69, 9.17) is 21.1 Å². The van der Waals surface area contributed by atoms with Gasteiger partial charge in [0.2, 0.25) is 0 Å². The first-order chi connectivity index (χ1) is 6.29. The van der Waals surface area contributed by atoms with Crippen molar-refractivity contribution in [3.63, 3.8) is 0 Å². The minimum Gasteiger partial charge on any atom is -0.413 e. The largest absolute Gasteiger partial charge is 0.413 e. The molecule has 0 N–H and O–H groups in total. The van der Waals surface area contributed by atoms with Crippen molar-refractivity contribution < 1.29 is 8.83 Å². The highest BCUT2D eigenvalue weighted by atomic mass is 32.2. The number of fused-ring (bicyclic) bond motifs is 1. The Labute approximate surface area is 84.9 Å². The summed E-state index contributed by atoms with van der Waals surface area (Å²) in [6.45, 7) is 0. The lowest BCUT2D eigenvalue weighted by Crippen LogP contribution is -1.77. The zero-order chi connectivity index (χ0) is 9.26. The molecular weight excluding hydrogens is 204 g/mol. The molecule has 0 radical (unpaired) electrons. The summed E-state index contributed by atoms with van der Waals surface area (Å²) in [6.07, 6.45) is 2.06. The number of hydrogen-bond donors (Lipinski definition) is 0. The normalized spacial score (nSPS) is 10.8. The Hall–Kier alpha value is -0.740. The van der Waals surface area contributed by atoms with E-state index in [1.54, 1.807) is 11.8 Å². The van der Waals surface area contributed by atoms with E-state index >= 15 is 0 Å². The first-order valence-electron chi connectivity index (χ1n) is 3.81. The predicted molar refractivity (Wildman–Crippen MR) is 56.5 cm³/mol. The van der Waals surface area contributed by atoms with Crippen molar-refractivity contribution in [3.05, 3.63) is 28.7 Å². The Kier molecular flexibility index (Phi) is 2.42. The molecule has 0 aliphatic heterocycles. The van der Waals surface area contributed by atoms with Crippen molar-refractivity contribution in [1.29, 1.82) is 0 Å². The fraction of sp³-hybridized carbons (Fsp3) is 0.222. The molecule has 1 heterocycles. The fourth-order valence-electron chi connectivity index (χ4n) is 1.17. The smallest absolute Gasteiger partial charge is 0.363 e. The molecule has 0 amide bonds. The Morgan fingerprint density at radius 1 is 1.31 bits per heavy atom. The monoisotopic (exact) mass is 212 g/mol. The first kappa shape index (κ1) is 8.84. The molecule has 2 aromatic rings. The molecule has 0 bridgehead atoms. The second-order valence-electron chi connectivity index (χ2n) is 2.67. The highest BCUT2D eigenvalue weighted by molar-refractivity contribution is 7.97. The van der Waals surface area contributed by atoms with Crippen molar-refractivity contribution in [2.45, 2.75) is 5.75 Å². The standard InChI is InChI=1S/C9H8O2S2/c1-13-5-6-2-3-7-8(4-6)11-9(12)10-7/h2-4H,5H2,1H3. The van der Waals surface area contributed by atoms with E-state index in [1.807, 2.05) is 18.2 Å². The lowest BCUT2D eigenvalue weighted by Gasteiger charge is -1.95. The number of thioether (sulfide) groups is 1. The Balaban J connectivity index is 2.54. The average Bonchev–Trinajstić information content (AvgIpc) is 2.44. The molecule has 0 saturated carbocycles. The van der Waals surface area contributed by atoms with Crippen LogP contribution in [0.15, 0.2) is 27.0 Å². The molecule has 1 aromatic heterocycles. The van der Waals surface area contributed by atoms with Crippen molar-refractivity contribution in [1.82, 2.24) is 0 Å². The van der Waals surface area contributed by atoms with Crippen LogP contribution in [0.1, 0.15) is 5.56 Å². The van der Waals surface area contributed by atoms with Gasteiger partial charge in [0.1, 0.15) is 0 Å². The van der Waals surface area contributed by atoms with Crippen LogP contribution in [0.5, 0.6) is 0 Å². The molecule has 0 unspecified atom stereocenters. The highest BCUT2D eigenvalue weighted by Gasteiger charge is 2.01. The van der Waals surface area contributed by atoms with Gasteiger partial charge in [0.15, 0.2) is 11.2 Å². The average molecular weight is 212 g/mol. The van der Waals surface area contributed by atoms with Gasteiger partial charge in [-0.05, 0) is 24.0 Å². The first-order valence-corrected chi connectivity index (χ1v) is 5.61. The number of hydrogen-bond acceptors (Lipinski definition) is 4. The molecule has 0 spiro atoms. The Bertz CT molecular complexity index is 470. The molecular formula is C9H8O2S2. The maximum atomic E-state index is 5.19.